The van der Waals surface area contributed by atoms with Gasteiger partial charge in [-0.2, -0.15) is 0 Å². The second kappa shape index (κ2) is 7.77. The molecule has 4 rings (SSSR count). The summed E-state index contributed by atoms with van der Waals surface area (Å²) in [5.74, 6) is 1.07. The number of hydrogen-bond acceptors (Lipinski definition) is 6. The molecule has 0 unspecified atom stereocenters. The van der Waals surface area contributed by atoms with E-state index < -0.39 is 0 Å². The number of furan rings is 1. The van der Waals surface area contributed by atoms with Crippen LogP contribution in [0.15, 0.2) is 47.1 Å². The quantitative estimate of drug-likeness (QED) is 0.685. The summed E-state index contributed by atoms with van der Waals surface area (Å²) in [6.45, 7) is 3.25. The molecule has 3 aromatic rings. The van der Waals surface area contributed by atoms with Crippen LogP contribution in [0.2, 0.25) is 0 Å². The van der Waals surface area contributed by atoms with Gasteiger partial charge in [-0.15, -0.1) is 11.3 Å². The van der Waals surface area contributed by atoms with Crippen molar-refractivity contribution in [2.75, 3.05) is 18.5 Å². The number of hydrogen-bond donors (Lipinski definition) is 2. The predicted octanol–water partition coefficient (Wildman–Crippen LogP) is 3.60. The Balaban J connectivity index is 1.39. The van der Waals surface area contributed by atoms with Crippen molar-refractivity contribution in [1.29, 1.82) is 0 Å². The third kappa shape index (κ3) is 3.86. The van der Waals surface area contributed by atoms with Crippen molar-refractivity contribution in [3.63, 3.8) is 0 Å². The van der Waals surface area contributed by atoms with Crippen molar-refractivity contribution in [3.8, 4) is 11.5 Å². The smallest absolute Gasteiger partial charge is 0.291 e. The minimum Gasteiger partial charge on any atom is -0.486 e. The molecule has 2 amide bonds. The van der Waals surface area contributed by atoms with Crippen LogP contribution in [0.3, 0.4) is 0 Å². The van der Waals surface area contributed by atoms with Gasteiger partial charge in [0.2, 0.25) is 0 Å². The number of carbonyl (C=O) groups excluding carboxylic acids is 2. The zero-order chi connectivity index (χ0) is 19.5. The molecule has 1 aromatic carbocycles. The van der Waals surface area contributed by atoms with E-state index in [0.29, 0.717) is 41.1 Å². The van der Waals surface area contributed by atoms with E-state index in [0.717, 1.165) is 11.1 Å². The van der Waals surface area contributed by atoms with Gasteiger partial charge >= 0.3 is 0 Å². The van der Waals surface area contributed by atoms with Gasteiger partial charge < -0.3 is 24.5 Å². The first kappa shape index (κ1) is 18.1. The summed E-state index contributed by atoms with van der Waals surface area (Å²) < 4.78 is 16.1. The Bertz CT molecular complexity index is 1010. The Morgan fingerprint density at radius 2 is 1.89 bits per heavy atom. The van der Waals surface area contributed by atoms with Crippen molar-refractivity contribution < 1.29 is 23.5 Å². The van der Waals surface area contributed by atoms with Gasteiger partial charge in [-0.1, -0.05) is 6.07 Å². The largest absolute Gasteiger partial charge is 0.486 e. The fourth-order valence-corrected chi connectivity index (χ4v) is 3.79. The molecule has 0 fully saturated rings. The number of carbonyl (C=O) groups is 2. The van der Waals surface area contributed by atoms with E-state index in [1.807, 2.05) is 25.1 Å². The zero-order valence-corrected chi connectivity index (χ0v) is 15.9. The third-order valence-electron chi connectivity index (χ3n) is 4.17. The lowest BCUT2D eigenvalue weighted by atomic mass is 10.2. The van der Waals surface area contributed by atoms with Crippen molar-refractivity contribution in [3.05, 3.63) is 64.4 Å². The number of aryl methyl sites for hydroxylation is 1. The van der Waals surface area contributed by atoms with Crippen LogP contribution in [-0.2, 0) is 6.54 Å². The molecule has 2 N–H and O–H groups in total. The van der Waals surface area contributed by atoms with E-state index in [1.54, 1.807) is 18.2 Å². The molecule has 28 heavy (non-hydrogen) atoms. The first-order chi connectivity index (χ1) is 13.6. The Labute approximate surface area is 165 Å². The molecule has 0 spiro atoms. The number of fused-ring (bicyclic) bond motifs is 1. The third-order valence-corrected chi connectivity index (χ3v) is 5.32. The standard InChI is InChI=1S/C20H18N2O5S/c1-12-9-17(22-19(23)15-3-2-6-25-15)28-18(12)20(24)21-11-13-4-5-14-16(10-13)27-8-7-26-14/h2-6,9-10H,7-8,11H2,1H3,(H,21,24)(H,22,23). The van der Waals surface area contributed by atoms with Crippen LogP contribution >= 0.6 is 11.3 Å². The molecule has 0 atom stereocenters. The van der Waals surface area contributed by atoms with Gasteiger partial charge in [-0.3, -0.25) is 9.59 Å². The molecule has 144 valence electrons. The van der Waals surface area contributed by atoms with Crippen LogP contribution in [-0.4, -0.2) is 25.0 Å². The summed E-state index contributed by atoms with van der Waals surface area (Å²) in [4.78, 5) is 25.2. The summed E-state index contributed by atoms with van der Waals surface area (Å²) in [6, 6.07) is 10.6. The molecular weight excluding hydrogens is 380 g/mol. The molecule has 0 bridgehead atoms. The molecule has 2 aromatic heterocycles. The molecule has 3 heterocycles. The Morgan fingerprint density at radius 3 is 2.68 bits per heavy atom. The molecular formula is C20H18N2O5S. The molecule has 0 radical (unpaired) electrons. The van der Waals surface area contributed by atoms with Crippen LogP contribution in [0.1, 0.15) is 31.4 Å². The van der Waals surface area contributed by atoms with Gasteiger partial charge in [-0.05, 0) is 48.4 Å². The summed E-state index contributed by atoms with van der Waals surface area (Å²) in [7, 11) is 0. The van der Waals surface area contributed by atoms with Gasteiger partial charge in [-0.25, -0.2) is 0 Å². The average Bonchev–Trinajstić information content (AvgIpc) is 3.36. The lowest BCUT2D eigenvalue weighted by Crippen LogP contribution is -2.22. The topological polar surface area (TPSA) is 89.8 Å². The highest BCUT2D eigenvalue weighted by molar-refractivity contribution is 7.18. The predicted molar refractivity (Wildman–Crippen MR) is 104 cm³/mol. The van der Waals surface area contributed by atoms with Gasteiger partial charge in [0.25, 0.3) is 11.8 Å². The second-order valence-corrected chi connectivity index (χ2v) is 7.27. The van der Waals surface area contributed by atoms with Crippen molar-refractivity contribution >= 4 is 28.2 Å². The van der Waals surface area contributed by atoms with Crippen LogP contribution in [0.4, 0.5) is 5.00 Å². The number of thiophene rings is 1. The van der Waals surface area contributed by atoms with E-state index in [9.17, 15) is 9.59 Å². The van der Waals surface area contributed by atoms with Gasteiger partial charge in [0.15, 0.2) is 17.3 Å². The molecule has 1 aliphatic rings. The van der Waals surface area contributed by atoms with Gasteiger partial charge in [0.1, 0.15) is 13.2 Å². The molecule has 0 aliphatic carbocycles. The lowest BCUT2D eigenvalue weighted by molar-refractivity contribution is 0.0953. The highest BCUT2D eigenvalue weighted by atomic mass is 32.1. The number of rotatable bonds is 5. The zero-order valence-electron chi connectivity index (χ0n) is 15.1. The van der Waals surface area contributed by atoms with Gasteiger partial charge in [0.05, 0.1) is 16.1 Å². The second-order valence-electron chi connectivity index (χ2n) is 6.21. The fraction of sp³-hybridized carbons (Fsp3) is 0.200. The van der Waals surface area contributed by atoms with Crippen LogP contribution in [0, 0.1) is 6.92 Å². The first-order valence-corrected chi connectivity index (χ1v) is 9.54. The maximum atomic E-state index is 12.6. The van der Waals surface area contributed by atoms with E-state index >= 15 is 0 Å². The lowest BCUT2D eigenvalue weighted by Gasteiger charge is -2.18. The number of ether oxygens (including phenoxy) is 2. The minimum atomic E-state index is -0.352. The monoisotopic (exact) mass is 398 g/mol. The molecule has 0 saturated heterocycles. The maximum Gasteiger partial charge on any atom is 0.291 e. The molecule has 1 aliphatic heterocycles. The number of anilines is 1. The highest BCUT2D eigenvalue weighted by Crippen LogP contribution is 2.31. The Hall–Kier alpha value is -3.26. The minimum absolute atomic E-state index is 0.198. The summed E-state index contributed by atoms with van der Waals surface area (Å²) >= 11 is 1.22. The number of benzene rings is 1. The van der Waals surface area contributed by atoms with E-state index in [-0.39, 0.29) is 17.6 Å². The van der Waals surface area contributed by atoms with Crippen molar-refractivity contribution in [2.24, 2.45) is 0 Å². The molecule has 0 saturated carbocycles. The van der Waals surface area contributed by atoms with Crippen LogP contribution < -0.4 is 20.1 Å². The average molecular weight is 398 g/mol. The SMILES string of the molecule is Cc1cc(NC(=O)c2ccco2)sc1C(=O)NCc1ccc2c(c1)OCCO2. The summed E-state index contributed by atoms with van der Waals surface area (Å²) in [5.41, 5.74) is 1.71. The summed E-state index contributed by atoms with van der Waals surface area (Å²) in [6.07, 6.45) is 1.44. The maximum absolute atomic E-state index is 12.6. The van der Waals surface area contributed by atoms with Crippen LogP contribution in [0.25, 0.3) is 0 Å². The normalized spacial score (nSPS) is 12.5. The number of nitrogens with one attached hydrogen (secondary N) is 2. The van der Waals surface area contributed by atoms with Crippen LogP contribution in [0.5, 0.6) is 11.5 Å². The Kier molecular flexibility index (Phi) is 5.03. The van der Waals surface area contributed by atoms with Crippen molar-refractivity contribution in [1.82, 2.24) is 5.32 Å². The van der Waals surface area contributed by atoms with E-state index in [1.165, 1.54) is 17.6 Å². The molecule has 8 heteroatoms. The molecule has 7 nitrogen and oxygen atoms in total. The first-order valence-electron chi connectivity index (χ1n) is 8.72. The van der Waals surface area contributed by atoms with Crippen molar-refractivity contribution in [2.45, 2.75) is 13.5 Å². The van der Waals surface area contributed by atoms with E-state index in [2.05, 4.69) is 10.6 Å². The Morgan fingerprint density at radius 1 is 1.07 bits per heavy atom. The van der Waals surface area contributed by atoms with E-state index in [4.69, 9.17) is 13.9 Å². The highest BCUT2D eigenvalue weighted by Gasteiger charge is 2.17. The summed E-state index contributed by atoms with van der Waals surface area (Å²) in [5, 5.41) is 6.23. The number of amides is 2. The van der Waals surface area contributed by atoms with Gasteiger partial charge in [0, 0.05) is 6.54 Å². The fourth-order valence-electron chi connectivity index (χ4n) is 2.81.